The van der Waals surface area contributed by atoms with E-state index in [0.717, 1.165) is 16.8 Å². The molecule has 0 spiro atoms. The Morgan fingerprint density at radius 1 is 0.920 bits per heavy atom. The monoisotopic (exact) mass is 366 g/mol. The molecule has 0 saturated carbocycles. The molecule has 4 rings (SSSR count). The maximum Gasteiger partial charge on any atom is 0.230 e. The van der Waals surface area contributed by atoms with Crippen molar-refractivity contribution < 1.29 is 4.79 Å². The van der Waals surface area contributed by atoms with Gasteiger partial charge in [-0.1, -0.05) is 59.6 Å². The normalized spacial score (nSPS) is 11.0. The Hall–Kier alpha value is -2.62. The quantitative estimate of drug-likeness (QED) is 0.446. The first-order valence-electron chi connectivity index (χ1n) is 7.67. The van der Waals surface area contributed by atoms with Crippen LogP contribution < -0.4 is 0 Å². The number of nitrogens with zero attached hydrogens (tertiary/aromatic N) is 2. The van der Waals surface area contributed by atoms with E-state index in [1.165, 1.54) is 0 Å². The molecule has 0 radical (unpaired) electrons. The summed E-state index contributed by atoms with van der Waals surface area (Å²) in [6.07, 6.45) is 1.83. The lowest BCUT2D eigenvalue weighted by atomic mass is 10.1. The number of hydrogen-bond donors (Lipinski definition) is 0. The first-order valence-corrected chi connectivity index (χ1v) is 8.43. The summed E-state index contributed by atoms with van der Waals surface area (Å²) in [6.45, 7) is 0. The van der Waals surface area contributed by atoms with E-state index in [-0.39, 0.29) is 5.78 Å². The number of hydrogen-bond acceptors (Lipinski definition) is 2. The van der Waals surface area contributed by atoms with E-state index in [0.29, 0.717) is 21.4 Å². The van der Waals surface area contributed by atoms with Crippen molar-refractivity contribution in [2.24, 2.45) is 0 Å². The minimum Gasteiger partial charge on any atom is -0.296 e. The molecule has 0 bridgehead atoms. The van der Waals surface area contributed by atoms with E-state index in [1.54, 1.807) is 22.6 Å². The van der Waals surface area contributed by atoms with E-state index < -0.39 is 0 Å². The van der Waals surface area contributed by atoms with Crippen molar-refractivity contribution in [1.82, 2.24) is 9.38 Å². The van der Waals surface area contributed by atoms with Crippen molar-refractivity contribution in [3.8, 4) is 11.3 Å². The highest BCUT2D eigenvalue weighted by Crippen LogP contribution is 2.28. The maximum absolute atomic E-state index is 13.0. The molecule has 0 amide bonds. The number of carbonyl (C=O) groups excluding carboxylic acids is 1. The molecule has 2 aromatic heterocycles. The molecule has 0 aliphatic heterocycles. The predicted octanol–water partition coefficient (Wildman–Crippen LogP) is 5.54. The van der Waals surface area contributed by atoms with E-state index >= 15 is 0 Å². The molecule has 3 nitrogen and oxygen atoms in total. The lowest BCUT2D eigenvalue weighted by molar-refractivity contribution is 0.102. The number of fused-ring (bicyclic) bond motifs is 1. The Kier molecular flexibility index (Phi) is 4.04. The average molecular weight is 367 g/mol. The van der Waals surface area contributed by atoms with Crippen molar-refractivity contribution in [1.29, 1.82) is 0 Å². The second-order valence-electron chi connectivity index (χ2n) is 5.56. The maximum atomic E-state index is 13.0. The van der Waals surface area contributed by atoms with Crippen LogP contribution in [-0.4, -0.2) is 15.2 Å². The third kappa shape index (κ3) is 2.82. The molecular weight excluding hydrogens is 355 g/mol. The zero-order chi connectivity index (χ0) is 17.4. The van der Waals surface area contributed by atoms with Gasteiger partial charge in [0.05, 0.1) is 16.2 Å². The summed E-state index contributed by atoms with van der Waals surface area (Å²) in [6, 6.07) is 20.3. The number of ketones is 1. The molecule has 0 fully saturated rings. The standard InChI is InChI=1S/C20H12Cl2N2O/c21-14-9-10-15(16(22)12-14)19(25)20-23-18(13-6-2-1-3-7-13)17-8-4-5-11-24(17)20/h1-12H. The highest BCUT2D eigenvalue weighted by atomic mass is 35.5. The van der Waals surface area contributed by atoms with Crippen LogP contribution in [0.1, 0.15) is 16.2 Å². The molecular formula is C20H12Cl2N2O. The number of imidazole rings is 1. The van der Waals surface area contributed by atoms with Gasteiger partial charge < -0.3 is 0 Å². The van der Waals surface area contributed by atoms with E-state index in [9.17, 15) is 4.79 Å². The Morgan fingerprint density at radius 3 is 2.44 bits per heavy atom. The van der Waals surface area contributed by atoms with Crippen LogP contribution in [0.4, 0.5) is 0 Å². The summed E-state index contributed by atoms with van der Waals surface area (Å²) < 4.78 is 1.79. The minimum atomic E-state index is -0.245. The summed E-state index contributed by atoms with van der Waals surface area (Å²) in [5.41, 5.74) is 2.95. The molecule has 0 unspecified atom stereocenters. The van der Waals surface area contributed by atoms with Crippen LogP contribution in [0.2, 0.25) is 10.0 Å². The number of carbonyl (C=O) groups is 1. The third-order valence-electron chi connectivity index (χ3n) is 3.97. The lowest BCUT2D eigenvalue weighted by Gasteiger charge is -2.03. The van der Waals surface area contributed by atoms with Gasteiger partial charge in [0.2, 0.25) is 5.78 Å². The first kappa shape index (κ1) is 15.9. The average Bonchev–Trinajstić information content (AvgIpc) is 3.02. The largest absolute Gasteiger partial charge is 0.296 e. The second-order valence-corrected chi connectivity index (χ2v) is 6.40. The van der Waals surface area contributed by atoms with Gasteiger partial charge >= 0.3 is 0 Å². The Bertz CT molecular complexity index is 1090. The molecule has 0 aliphatic rings. The molecule has 2 aromatic carbocycles. The summed E-state index contributed by atoms with van der Waals surface area (Å²) in [4.78, 5) is 17.6. The SMILES string of the molecule is O=C(c1ccc(Cl)cc1Cl)c1nc(-c2ccccc2)c2ccccn12. The third-order valence-corrected chi connectivity index (χ3v) is 4.52. The highest BCUT2D eigenvalue weighted by molar-refractivity contribution is 6.37. The topological polar surface area (TPSA) is 34.4 Å². The number of aromatic nitrogens is 2. The van der Waals surface area contributed by atoms with Crippen molar-refractivity contribution in [3.63, 3.8) is 0 Å². The number of halogens is 2. The number of rotatable bonds is 3. The second kappa shape index (κ2) is 6.36. The van der Waals surface area contributed by atoms with Crippen molar-refractivity contribution >= 4 is 34.5 Å². The Balaban J connectivity index is 1.92. The molecule has 4 aromatic rings. The zero-order valence-electron chi connectivity index (χ0n) is 13.0. The number of pyridine rings is 1. The fourth-order valence-electron chi connectivity index (χ4n) is 2.80. The van der Waals surface area contributed by atoms with Gasteiger partial charge in [0.15, 0.2) is 5.82 Å². The van der Waals surface area contributed by atoms with E-state index in [4.69, 9.17) is 23.2 Å². The van der Waals surface area contributed by atoms with Gasteiger partial charge in [0.1, 0.15) is 0 Å². The molecule has 2 heterocycles. The van der Waals surface area contributed by atoms with Crippen molar-refractivity contribution in [2.45, 2.75) is 0 Å². The van der Waals surface area contributed by atoms with E-state index in [2.05, 4.69) is 4.98 Å². The Labute approximate surface area is 154 Å². The van der Waals surface area contributed by atoms with Gasteiger partial charge in [0, 0.05) is 22.3 Å². The summed E-state index contributed by atoms with van der Waals surface area (Å²) in [5, 5.41) is 0.797. The molecule has 5 heteroatoms. The summed E-state index contributed by atoms with van der Waals surface area (Å²) >= 11 is 12.1. The van der Waals surface area contributed by atoms with Crippen molar-refractivity contribution in [2.75, 3.05) is 0 Å². The summed E-state index contributed by atoms with van der Waals surface area (Å²) in [5.74, 6) is 0.0729. The van der Waals surface area contributed by atoms with Gasteiger partial charge in [-0.25, -0.2) is 4.98 Å². The first-order chi connectivity index (χ1) is 12.1. The van der Waals surface area contributed by atoms with Crippen LogP contribution in [0.15, 0.2) is 72.9 Å². The van der Waals surface area contributed by atoms with Crippen LogP contribution in [0.25, 0.3) is 16.8 Å². The fraction of sp³-hybridized carbons (Fsp3) is 0. The number of benzene rings is 2. The van der Waals surface area contributed by atoms with Crippen LogP contribution in [0.5, 0.6) is 0 Å². The van der Waals surface area contributed by atoms with Crippen molar-refractivity contribution in [3.05, 3.63) is 94.4 Å². The Morgan fingerprint density at radius 2 is 1.68 bits per heavy atom. The van der Waals surface area contributed by atoms with Crippen LogP contribution in [-0.2, 0) is 0 Å². The predicted molar refractivity (Wildman–Crippen MR) is 101 cm³/mol. The van der Waals surface area contributed by atoms with Crippen LogP contribution in [0.3, 0.4) is 0 Å². The van der Waals surface area contributed by atoms with Gasteiger partial charge in [-0.3, -0.25) is 9.20 Å². The van der Waals surface area contributed by atoms with Gasteiger partial charge in [-0.05, 0) is 30.3 Å². The highest BCUT2D eigenvalue weighted by Gasteiger charge is 2.21. The molecule has 25 heavy (non-hydrogen) atoms. The fourth-order valence-corrected chi connectivity index (χ4v) is 3.29. The van der Waals surface area contributed by atoms with Crippen LogP contribution in [0, 0.1) is 0 Å². The van der Waals surface area contributed by atoms with E-state index in [1.807, 2.05) is 54.7 Å². The molecule has 0 N–H and O–H groups in total. The van der Waals surface area contributed by atoms with Gasteiger partial charge in [-0.2, -0.15) is 0 Å². The molecule has 0 saturated heterocycles. The summed E-state index contributed by atoms with van der Waals surface area (Å²) in [7, 11) is 0. The molecule has 0 aliphatic carbocycles. The van der Waals surface area contributed by atoms with Crippen LogP contribution >= 0.6 is 23.2 Å². The van der Waals surface area contributed by atoms with Gasteiger partial charge in [-0.15, -0.1) is 0 Å². The lowest BCUT2D eigenvalue weighted by Crippen LogP contribution is -2.07. The van der Waals surface area contributed by atoms with Gasteiger partial charge in [0.25, 0.3) is 0 Å². The zero-order valence-corrected chi connectivity index (χ0v) is 14.5. The molecule has 0 atom stereocenters. The minimum absolute atomic E-state index is 0.245. The molecule has 122 valence electrons. The smallest absolute Gasteiger partial charge is 0.230 e.